The molecule has 2 saturated heterocycles. The van der Waals surface area contributed by atoms with E-state index in [1.165, 1.54) is 27.7 Å². The van der Waals surface area contributed by atoms with Crippen molar-refractivity contribution in [2.45, 2.75) is 111 Å². The van der Waals surface area contributed by atoms with Crippen LogP contribution in [-0.2, 0) is 57.1 Å². The van der Waals surface area contributed by atoms with Gasteiger partial charge in [-0.3, -0.25) is 19.2 Å². The predicted molar refractivity (Wildman–Crippen MR) is 148 cm³/mol. The summed E-state index contributed by atoms with van der Waals surface area (Å²) in [7, 11) is 0. The summed E-state index contributed by atoms with van der Waals surface area (Å²) in [5.41, 5.74) is 8.41. The Hall–Kier alpha value is -2.97. The summed E-state index contributed by atoms with van der Waals surface area (Å²) >= 11 is 0. The Kier molecular flexibility index (Phi) is 15.1. The number of hydrogen-bond donors (Lipinski definition) is 0. The monoisotopic (exact) mass is 615 g/mol. The van der Waals surface area contributed by atoms with E-state index >= 15 is 0 Å². The smallest absolute Gasteiger partial charge is 0.303 e. The van der Waals surface area contributed by atoms with Crippen LogP contribution in [0.3, 0.4) is 0 Å². The molecule has 0 radical (unpaired) electrons. The van der Waals surface area contributed by atoms with Gasteiger partial charge in [-0.1, -0.05) is 32.3 Å². The second-order valence-electron chi connectivity index (χ2n) is 10.9. The van der Waals surface area contributed by atoms with Gasteiger partial charge >= 0.3 is 23.9 Å². The van der Waals surface area contributed by atoms with Crippen LogP contribution >= 0.6 is 0 Å². The summed E-state index contributed by atoms with van der Waals surface area (Å²) in [4.78, 5) is 50.1. The zero-order valence-corrected chi connectivity index (χ0v) is 26.0. The zero-order valence-electron chi connectivity index (χ0n) is 26.0. The van der Waals surface area contributed by atoms with Gasteiger partial charge in [0, 0.05) is 57.6 Å². The molecule has 0 bridgehead atoms. The third-order valence-corrected chi connectivity index (χ3v) is 7.54. The fourth-order valence-corrected chi connectivity index (χ4v) is 5.11. The van der Waals surface area contributed by atoms with Crippen LogP contribution in [-0.4, -0.2) is 93.3 Å². The summed E-state index contributed by atoms with van der Waals surface area (Å²) in [6, 6.07) is 0. The summed E-state index contributed by atoms with van der Waals surface area (Å²) in [5.74, 6) is -3.08. The van der Waals surface area contributed by atoms with E-state index < -0.39 is 72.9 Å². The molecule has 0 N–H and O–H groups in total. The highest BCUT2D eigenvalue weighted by atomic mass is 16.7. The lowest BCUT2D eigenvalue weighted by Gasteiger charge is -2.48. The van der Waals surface area contributed by atoms with Gasteiger partial charge in [0.2, 0.25) is 0 Å². The molecule has 0 amide bonds. The molecule has 2 aliphatic rings. The Morgan fingerprint density at radius 1 is 0.698 bits per heavy atom. The van der Waals surface area contributed by atoms with Crippen LogP contribution in [0, 0.1) is 17.8 Å². The Morgan fingerprint density at radius 2 is 1.26 bits per heavy atom. The average Bonchev–Trinajstić information content (AvgIpc) is 2.93. The highest BCUT2D eigenvalue weighted by molar-refractivity contribution is 5.67. The minimum atomic E-state index is -1.11. The molecule has 10 atom stereocenters. The van der Waals surface area contributed by atoms with Crippen molar-refractivity contribution in [2.24, 2.45) is 22.9 Å². The van der Waals surface area contributed by atoms with Crippen LogP contribution in [0.2, 0.25) is 0 Å². The van der Waals surface area contributed by atoms with Crippen LogP contribution in [0.15, 0.2) is 5.11 Å². The maximum absolute atomic E-state index is 12.1. The van der Waals surface area contributed by atoms with Gasteiger partial charge in [0.25, 0.3) is 0 Å². The van der Waals surface area contributed by atoms with Crippen LogP contribution in [0.4, 0.5) is 0 Å². The van der Waals surface area contributed by atoms with E-state index in [2.05, 4.69) is 10.0 Å². The highest BCUT2D eigenvalue weighted by Gasteiger charge is 2.51. The fraction of sp³-hybridized carbons (Fsp3) is 0.857. The maximum atomic E-state index is 12.1. The number of nitrogens with zero attached hydrogens (tertiary/aromatic N) is 3. The third-order valence-electron chi connectivity index (χ3n) is 7.54. The number of carbonyl (C=O) groups excluding carboxylic acids is 4. The van der Waals surface area contributed by atoms with Gasteiger partial charge in [0.1, 0.15) is 19.3 Å². The molecule has 15 heteroatoms. The standard InChI is InChI=1S/C28H45N3O12/c1-15-16(2)25(39-20(6)34)28(41-22(15)13-37-18(4)32)43-24-17(3)26(40-21(7)35)27(42-23(24)14-38-19(5)33)36-12-10-8-9-11-30-31-29/h15-17,22-28H,8-14H2,1-7H3/t15-,16-,17-,22?,23?,24-,25?,26?,27+,28-/m0/s1. The topological polar surface area (TPSA) is 191 Å². The van der Waals surface area contributed by atoms with E-state index in [0.29, 0.717) is 19.4 Å². The largest absolute Gasteiger partial charge is 0.463 e. The first-order valence-corrected chi connectivity index (χ1v) is 14.6. The van der Waals surface area contributed by atoms with Crippen molar-refractivity contribution in [3.8, 4) is 0 Å². The number of unbranched alkanes of at least 4 members (excludes halogenated alkanes) is 2. The van der Waals surface area contributed by atoms with Crippen LogP contribution in [0.1, 0.15) is 67.7 Å². The molecular weight excluding hydrogens is 570 g/mol. The lowest BCUT2D eigenvalue weighted by Crippen LogP contribution is -2.61. The second-order valence-corrected chi connectivity index (χ2v) is 10.9. The molecule has 2 aliphatic heterocycles. The van der Waals surface area contributed by atoms with Crippen LogP contribution < -0.4 is 0 Å². The van der Waals surface area contributed by atoms with E-state index in [1.807, 2.05) is 13.8 Å². The highest BCUT2D eigenvalue weighted by Crippen LogP contribution is 2.38. The molecule has 0 aromatic rings. The Morgan fingerprint density at radius 3 is 1.81 bits per heavy atom. The second kappa shape index (κ2) is 18.0. The van der Waals surface area contributed by atoms with Crippen molar-refractivity contribution in [3.05, 3.63) is 10.4 Å². The molecule has 43 heavy (non-hydrogen) atoms. The van der Waals surface area contributed by atoms with Crippen molar-refractivity contribution in [2.75, 3.05) is 26.4 Å². The molecular formula is C28H45N3O12. The van der Waals surface area contributed by atoms with Crippen LogP contribution in [0.25, 0.3) is 10.4 Å². The molecule has 2 rings (SSSR count). The van der Waals surface area contributed by atoms with Gasteiger partial charge in [-0.15, -0.1) is 0 Å². The number of carbonyl (C=O) groups is 4. The number of ether oxygens (including phenoxy) is 8. The van der Waals surface area contributed by atoms with E-state index in [0.717, 1.165) is 6.42 Å². The molecule has 15 nitrogen and oxygen atoms in total. The van der Waals surface area contributed by atoms with Crippen molar-refractivity contribution < 1.29 is 57.1 Å². The van der Waals surface area contributed by atoms with Crippen molar-refractivity contribution in [1.82, 2.24) is 0 Å². The quantitative estimate of drug-likeness (QED) is 0.0653. The van der Waals surface area contributed by atoms with Gasteiger partial charge in [-0.25, -0.2) is 0 Å². The molecule has 4 unspecified atom stereocenters. The summed E-state index contributed by atoms with van der Waals surface area (Å²) in [5, 5.41) is 3.51. The minimum Gasteiger partial charge on any atom is -0.463 e. The van der Waals surface area contributed by atoms with Gasteiger partial charge < -0.3 is 37.9 Å². The van der Waals surface area contributed by atoms with E-state index in [1.54, 1.807) is 6.92 Å². The first-order chi connectivity index (χ1) is 20.3. The first kappa shape index (κ1) is 36.2. The van der Waals surface area contributed by atoms with E-state index in [9.17, 15) is 19.2 Å². The van der Waals surface area contributed by atoms with Gasteiger partial charge in [-0.05, 0) is 24.3 Å². The van der Waals surface area contributed by atoms with Gasteiger partial charge in [-0.2, -0.15) is 0 Å². The molecule has 2 heterocycles. The number of esters is 4. The average molecular weight is 616 g/mol. The maximum Gasteiger partial charge on any atom is 0.303 e. The van der Waals surface area contributed by atoms with Crippen molar-refractivity contribution in [3.63, 3.8) is 0 Å². The first-order valence-electron chi connectivity index (χ1n) is 14.6. The summed E-state index contributed by atoms with van der Waals surface area (Å²) in [6.07, 6.45) is -4.08. The Bertz CT molecular complexity index is 986. The van der Waals surface area contributed by atoms with E-state index in [4.69, 9.17) is 43.4 Å². The lowest BCUT2D eigenvalue weighted by molar-refractivity contribution is -0.344. The summed E-state index contributed by atoms with van der Waals surface area (Å²) < 4.78 is 46.6. The molecule has 0 aromatic heterocycles. The van der Waals surface area contributed by atoms with E-state index in [-0.39, 0.29) is 31.7 Å². The lowest BCUT2D eigenvalue weighted by atomic mass is 9.83. The number of hydrogen-bond acceptors (Lipinski definition) is 13. The third kappa shape index (κ3) is 11.6. The SMILES string of the molecule is CC(=O)OCC1O[C@@H](O[C@@H]2C(COC(C)=O)O[C@@H](OCCCCCN=[N+]=[N-])C(OC(C)=O)[C@H]2C)C(OC(C)=O)[C@@H](C)[C@@H]1C. The molecule has 0 spiro atoms. The molecule has 2 fully saturated rings. The normalized spacial score (nSPS) is 32.2. The number of rotatable bonds is 15. The molecule has 0 saturated carbocycles. The molecule has 0 aromatic carbocycles. The fourth-order valence-electron chi connectivity index (χ4n) is 5.11. The predicted octanol–water partition coefficient (Wildman–Crippen LogP) is 3.22. The van der Waals surface area contributed by atoms with Crippen molar-refractivity contribution >= 4 is 23.9 Å². The Labute approximate surface area is 251 Å². The van der Waals surface area contributed by atoms with Gasteiger partial charge in [0.05, 0.1) is 12.2 Å². The van der Waals surface area contributed by atoms with Crippen molar-refractivity contribution in [1.29, 1.82) is 0 Å². The Balaban J connectivity index is 2.31. The van der Waals surface area contributed by atoms with Crippen LogP contribution in [0.5, 0.6) is 0 Å². The minimum absolute atomic E-state index is 0.0318. The molecule has 244 valence electrons. The van der Waals surface area contributed by atoms with Gasteiger partial charge in [0.15, 0.2) is 24.8 Å². The molecule has 0 aliphatic carbocycles. The zero-order chi connectivity index (χ0) is 32.1. The summed E-state index contributed by atoms with van der Waals surface area (Å²) in [6.45, 7) is 11.1. The number of azide groups is 1.